The van der Waals surface area contributed by atoms with Crippen LogP contribution in [0.5, 0.6) is 0 Å². The van der Waals surface area contributed by atoms with Gasteiger partial charge in [-0.3, -0.25) is 0 Å². The van der Waals surface area contributed by atoms with Gasteiger partial charge in [-0.05, 0) is 61.7 Å². The lowest BCUT2D eigenvalue weighted by molar-refractivity contribution is 0.769. The molecule has 10 rings (SSSR count). The lowest BCUT2D eigenvalue weighted by Crippen LogP contribution is -2.28. The van der Waals surface area contributed by atoms with Crippen molar-refractivity contribution in [2.24, 2.45) is 0 Å². The van der Waals surface area contributed by atoms with Crippen LogP contribution in [0.2, 0.25) is 0 Å². The molecule has 0 unspecified atom stereocenters. The van der Waals surface area contributed by atoms with Gasteiger partial charge in [0.05, 0.1) is 12.0 Å². The van der Waals surface area contributed by atoms with Crippen molar-refractivity contribution in [3.8, 4) is 67.5 Å². The molecule has 0 saturated carbocycles. The molecular weight excluding hydrogens is 693 g/mol. The number of benzene rings is 8. The molecule has 4 heteroatoms. The summed E-state index contributed by atoms with van der Waals surface area (Å²) < 4.78 is 0. The molecule has 4 nitrogen and oxygen atoms in total. The van der Waals surface area contributed by atoms with Crippen LogP contribution in [0, 0.1) is 6.57 Å². The predicted molar refractivity (Wildman–Crippen MR) is 231 cm³/mol. The molecular formula is C53H34N4. The first-order valence-electron chi connectivity index (χ1n) is 19.1. The van der Waals surface area contributed by atoms with Gasteiger partial charge in [0.25, 0.3) is 0 Å². The Morgan fingerprint density at radius 3 is 1.25 bits per heavy atom. The monoisotopic (exact) mass is 726 g/mol. The third-order valence-corrected chi connectivity index (χ3v) is 11.1. The molecule has 0 saturated heterocycles. The van der Waals surface area contributed by atoms with Crippen molar-refractivity contribution in [2.75, 3.05) is 0 Å². The van der Waals surface area contributed by atoms with E-state index in [4.69, 9.17) is 21.5 Å². The topological polar surface area (TPSA) is 43.0 Å². The molecule has 0 N–H and O–H groups in total. The number of hydrogen-bond acceptors (Lipinski definition) is 3. The zero-order chi connectivity index (χ0) is 38.2. The van der Waals surface area contributed by atoms with Gasteiger partial charge in [-0.2, -0.15) is 0 Å². The third kappa shape index (κ3) is 5.90. The van der Waals surface area contributed by atoms with Gasteiger partial charge in [0.1, 0.15) is 0 Å². The molecule has 266 valence electrons. The third-order valence-electron chi connectivity index (χ3n) is 11.1. The first-order valence-corrected chi connectivity index (χ1v) is 19.1. The number of aromatic nitrogens is 3. The van der Waals surface area contributed by atoms with Gasteiger partial charge in [-0.25, -0.2) is 19.8 Å². The van der Waals surface area contributed by atoms with Crippen molar-refractivity contribution in [1.29, 1.82) is 0 Å². The molecule has 0 aliphatic heterocycles. The van der Waals surface area contributed by atoms with E-state index in [-0.39, 0.29) is 0 Å². The summed E-state index contributed by atoms with van der Waals surface area (Å²) in [5.41, 5.74) is 14.3. The van der Waals surface area contributed by atoms with Gasteiger partial charge in [-0.15, -0.1) is 0 Å². The summed E-state index contributed by atoms with van der Waals surface area (Å²) in [7, 11) is 0. The van der Waals surface area contributed by atoms with Crippen molar-refractivity contribution in [1.82, 2.24) is 15.0 Å². The normalized spacial score (nSPS) is 12.3. The molecule has 0 atom stereocenters. The summed E-state index contributed by atoms with van der Waals surface area (Å²) in [6.45, 7) is 7.89. The first-order chi connectivity index (χ1) is 28.2. The van der Waals surface area contributed by atoms with E-state index >= 15 is 0 Å². The second-order valence-electron chi connectivity index (χ2n) is 14.3. The zero-order valence-electron chi connectivity index (χ0n) is 30.9. The average molecular weight is 727 g/mol. The molecule has 0 spiro atoms. The molecule has 8 aromatic carbocycles. The highest BCUT2D eigenvalue weighted by atomic mass is 15.0. The van der Waals surface area contributed by atoms with Crippen LogP contribution >= 0.6 is 0 Å². The standard InChI is InChI=1S/C53H34N4/c1-54-45-31-32-46-47-34-42(30-33-48(47)53(49(46)35-45,43-18-10-4-11-19-43)44-20-12-5-13-21-44)38-24-28-41(29-25-38)52-56-50(39-16-8-3-9-17-39)55-51(57-52)40-26-22-37(23-27-40)36-14-6-2-7-15-36/h2-35H. The fourth-order valence-corrected chi connectivity index (χ4v) is 8.34. The van der Waals surface area contributed by atoms with Crippen LogP contribution in [0.15, 0.2) is 206 Å². The van der Waals surface area contributed by atoms with Gasteiger partial charge >= 0.3 is 0 Å². The van der Waals surface area contributed by atoms with E-state index in [1.807, 2.05) is 42.5 Å². The Kier molecular flexibility index (Phi) is 8.39. The van der Waals surface area contributed by atoms with Gasteiger partial charge in [0.2, 0.25) is 0 Å². The Balaban J connectivity index is 1.06. The van der Waals surface area contributed by atoms with Crippen LogP contribution in [0.1, 0.15) is 22.3 Å². The fourth-order valence-electron chi connectivity index (χ4n) is 8.34. The lowest BCUT2D eigenvalue weighted by atomic mass is 9.67. The maximum atomic E-state index is 7.89. The summed E-state index contributed by atoms with van der Waals surface area (Å²) in [5, 5.41) is 0. The summed E-state index contributed by atoms with van der Waals surface area (Å²) in [4.78, 5) is 18.8. The molecule has 1 heterocycles. The van der Waals surface area contributed by atoms with E-state index in [2.05, 4.69) is 169 Å². The summed E-state index contributed by atoms with van der Waals surface area (Å²) in [6.07, 6.45) is 0. The Morgan fingerprint density at radius 1 is 0.333 bits per heavy atom. The van der Waals surface area contributed by atoms with Crippen molar-refractivity contribution >= 4 is 5.69 Å². The lowest BCUT2D eigenvalue weighted by Gasteiger charge is -2.34. The van der Waals surface area contributed by atoms with Crippen molar-refractivity contribution < 1.29 is 0 Å². The molecule has 1 aromatic heterocycles. The summed E-state index contributed by atoms with van der Waals surface area (Å²) >= 11 is 0. The molecule has 57 heavy (non-hydrogen) atoms. The van der Waals surface area contributed by atoms with E-state index in [9.17, 15) is 0 Å². The van der Waals surface area contributed by atoms with E-state index in [0.717, 1.165) is 44.5 Å². The quantitative estimate of drug-likeness (QED) is 0.154. The predicted octanol–water partition coefficient (Wildman–Crippen LogP) is 13.1. The van der Waals surface area contributed by atoms with Gasteiger partial charge in [0, 0.05) is 16.7 Å². The second kappa shape index (κ2) is 14.2. The minimum absolute atomic E-state index is 0.564. The van der Waals surface area contributed by atoms with Gasteiger partial charge < -0.3 is 0 Å². The first kappa shape index (κ1) is 33.8. The number of rotatable bonds is 7. The molecule has 1 aliphatic carbocycles. The fraction of sp³-hybridized carbons (Fsp3) is 0.0189. The van der Waals surface area contributed by atoms with Crippen molar-refractivity contribution in [3.63, 3.8) is 0 Å². The maximum absolute atomic E-state index is 7.89. The molecule has 1 aliphatic rings. The van der Waals surface area contributed by atoms with Crippen LogP contribution in [0.4, 0.5) is 5.69 Å². The Morgan fingerprint density at radius 2 is 0.737 bits per heavy atom. The molecule has 9 aromatic rings. The number of fused-ring (bicyclic) bond motifs is 3. The Bertz CT molecular complexity index is 2880. The maximum Gasteiger partial charge on any atom is 0.187 e. The Hall–Kier alpha value is -7.74. The van der Waals surface area contributed by atoms with Crippen LogP contribution in [-0.2, 0) is 5.41 Å². The van der Waals surface area contributed by atoms with Gasteiger partial charge in [-0.1, -0.05) is 200 Å². The highest BCUT2D eigenvalue weighted by Crippen LogP contribution is 2.57. The largest absolute Gasteiger partial charge is 0.238 e. The minimum atomic E-state index is -0.564. The van der Waals surface area contributed by atoms with Crippen molar-refractivity contribution in [3.05, 3.63) is 240 Å². The number of nitrogens with zero attached hydrogens (tertiary/aromatic N) is 4. The van der Waals surface area contributed by atoms with Crippen LogP contribution < -0.4 is 0 Å². The van der Waals surface area contributed by atoms with E-state index in [0.29, 0.717) is 23.2 Å². The SMILES string of the molecule is [C-]#[N+]c1ccc2c(c1)C(c1ccccc1)(c1ccccc1)c1ccc(-c3ccc(-c4nc(-c5ccccc5)nc(-c5ccc(-c6ccccc6)cc5)n4)cc3)cc1-2. The van der Waals surface area contributed by atoms with E-state index in [1.54, 1.807) is 0 Å². The van der Waals surface area contributed by atoms with Crippen LogP contribution in [0.25, 0.3) is 72.4 Å². The Labute approximate surface area is 332 Å². The van der Waals surface area contributed by atoms with Crippen LogP contribution in [-0.4, -0.2) is 15.0 Å². The molecule has 0 radical (unpaired) electrons. The van der Waals surface area contributed by atoms with E-state index in [1.165, 1.54) is 27.8 Å². The number of hydrogen-bond donors (Lipinski definition) is 0. The highest BCUT2D eigenvalue weighted by molar-refractivity contribution is 5.90. The van der Waals surface area contributed by atoms with Crippen LogP contribution in [0.3, 0.4) is 0 Å². The average Bonchev–Trinajstić information content (AvgIpc) is 3.59. The molecule has 0 amide bonds. The summed E-state index contributed by atoms with van der Waals surface area (Å²) in [5.74, 6) is 1.87. The van der Waals surface area contributed by atoms with Gasteiger partial charge in [0.15, 0.2) is 23.2 Å². The minimum Gasteiger partial charge on any atom is -0.238 e. The smallest absolute Gasteiger partial charge is 0.187 e. The second-order valence-corrected chi connectivity index (χ2v) is 14.3. The van der Waals surface area contributed by atoms with E-state index < -0.39 is 5.41 Å². The zero-order valence-corrected chi connectivity index (χ0v) is 30.9. The van der Waals surface area contributed by atoms with Crippen molar-refractivity contribution in [2.45, 2.75) is 5.41 Å². The summed E-state index contributed by atoms with van der Waals surface area (Å²) in [6, 6.07) is 71.7. The molecule has 0 bridgehead atoms. The highest BCUT2D eigenvalue weighted by Gasteiger charge is 2.46. The molecule has 0 fully saturated rings.